The predicted molar refractivity (Wildman–Crippen MR) is 58.5 cm³/mol. The highest BCUT2D eigenvalue weighted by molar-refractivity contribution is 5.41. The maximum absolute atomic E-state index is 9.75. The van der Waals surface area contributed by atoms with E-state index in [1.165, 1.54) is 0 Å². The summed E-state index contributed by atoms with van der Waals surface area (Å²) in [5, 5.41) is 9.75. The van der Waals surface area contributed by atoms with Crippen LogP contribution in [-0.4, -0.2) is 5.11 Å². The van der Waals surface area contributed by atoms with Gasteiger partial charge in [0.2, 0.25) is 0 Å². The van der Waals surface area contributed by atoms with Gasteiger partial charge in [0, 0.05) is 12.1 Å². The van der Waals surface area contributed by atoms with Crippen molar-refractivity contribution in [1.29, 1.82) is 0 Å². The Labute approximate surface area is 84.8 Å². The van der Waals surface area contributed by atoms with Gasteiger partial charge in [-0.05, 0) is 31.0 Å². The van der Waals surface area contributed by atoms with Gasteiger partial charge in [-0.15, -0.1) is 11.8 Å². The molecule has 0 spiro atoms. The van der Waals surface area contributed by atoms with E-state index in [0.29, 0.717) is 18.5 Å². The normalized spacial score (nSPS) is 11.6. The Morgan fingerprint density at radius 3 is 2.93 bits per heavy atom. The second-order valence-corrected chi connectivity index (χ2v) is 3.15. The van der Waals surface area contributed by atoms with E-state index in [9.17, 15) is 5.11 Å². The minimum atomic E-state index is -0.459. The summed E-state index contributed by atoms with van der Waals surface area (Å²) in [5.74, 6) is 5.72. The van der Waals surface area contributed by atoms with E-state index >= 15 is 0 Å². The van der Waals surface area contributed by atoms with Crippen LogP contribution in [0.25, 0.3) is 0 Å². The standard InChI is InChI=1S/C12H15NO/c1-2-3-4-8-12(14)10-6-5-7-11(13)9-10/h5-7,9,12,14H,4,8,13H2,1H3. The van der Waals surface area contributed by atoms with Gasteiger partial charge in [0.05, 0.1) is 6.10 Å². The van der Waals surface area contributed by atoms with Gasteiger partial charge in [0.1, 0.15) is 0 Å². The van der Waals surface area contributed by atoms with Crippen LogP contribution in [0.3, 0.4) is 0 Å². The molecule has 0 radical (unpaired) electrons. The van der Waals surface area contributed by atoms with E-state index in [1.54, 1.807) is 13.0 Å². The first-order chi connectivity index (χ1) is 6.74. The van der Waals surface area contributed by atoms with Crippen molar-refractivity contribution in [1.82, 2.24) is 0 Å². The van der Waals surface area contributed by atoms with Crippen LogP contribution >= 0.6 is 0 Å². The van der Waals surface area contributed by atoms with Crippen LogP contribution in [-0.2, 0) is 0 Å². The Morgan fingerprint density at radius 1 is 1.50 bits per heavy atom. The number of aliphatic hydroxyl groups excluding tert-OH is 1. The van der Waals surface area contributed by atoms with Gasteiger partial charge < -0.3 is 10.8 Å². The summed E-state index contributed by atoms with van der Waals surface area (Å²) in [6.45, 7) is 1.80. The predicted octanol–water partition coefficient (Wildman–Crippen LogP) is 2.11. The second-order valence-electron chi connectivity index (χ2n) is 3.15. The summed E-state index contributed by atoms with van der Waals surface area (Å²) in [5.41, 5.74) is 7.16. The molecule has 2 heteroatoms. The number of rotatable bonds is 3. The van der Waals surface area contributed by atoms with Crippen molar-refractivity contribution in [2.45, 2.75) is 25.9 Å². The molecule has 1 atom stereocenters. The zero-order valence-electron chi connectivity index (χ0n) is 8.33. The van der Waals surface area contributed by atoms with E-state index in [4.69, 9.17) is 5.73 Å². The molecule has 0 fully saturated rings. The monoisotopic (exact) mass is 189 g/mol. The van der Waals surface area contributed by atoms with Crippen LogP contribution in [0.5, 0.6) is 0 Å². The zero-order valence-corrected chi connectivity index (χ0v) is 8.33. The minimum Gasteiger partial charge on any atom is -0.399 e. The van der Waals surface area contributed by atoms with Gasteiger partial charge in [-0.3, -0.25) is 0 Å². The van der Waals surface area contributed by atoms with Gasteiger partial charge in [-0.2, -0.15) is 0 Å². The van der Waals surface area contributed by atoms with E-state index in [-0.39, 0.29) is 0 Å². The van der Waals surface area contributed by atoms with Crippen LogP contribution in [0.2, 0.25) is 0 Å². The Balaban J connectivity index is 2.58. The van der Waals surface area contributed by atoms with E-state index in [0.717, 1.165) is 5.56 Å². The number of hydrogen-bond acceptors (Lipinski definition) is 2. The molecule has 0 heterocycles. The fraction of sp³-hybridized carbons (Fsp3) is 0.333. The number of aliphatic hydroxyl groups is 1. The molecule has 0 aliphatic heterocycles. The molecule has 0 saturated heterocycles. The van der Waals surface area contributed by atoms with Gasteiger partial charge in [-0.1, -0.05) is 12.1 Å². The van der Waals surface area contributed by atoms with Crippen molar-refractivity contribution in [3.63, 3.8) is 0 Å². The lowest BCUT2D eigenvalue weighted by molar-refractivity contribution is 0.169. The molecule has 1 unspecified atom stereocenters. The molecule has 74 valence electrons. The number of hydrogen-bond donors (Lipinski definition) is 2. The number of nitrogens with two attached hydrogens (primary N) is 1. The fourth-order valence-electron chi connectivity index (χ4n) is 1.27. The summed E-state index contributed by atoms with van der Waals surface area (Å²) < 4.78 is 0. The van der Waals surface area contributed by atoms with E-state index in [1.807, 2.05) is 18.2 Å². The fourth-order valence-corrected chi connectivity index (χ4v) is 1.27. The molecule has 0 aliphatic carbocycles. The quantitative estimate of drug-likeness (QED) is 0.565. The molecular formula is C12H15NO. The largest absolute Gasteiger partial charge is 0.399 e. The van der Waals surface area contributed by atoms with Gasteiger partial charge in [0.25, 0.3) is 0 Å². The molecule has 3 N–H and O–H groups in total. The molecule has 0 bridgehead atoms. The average molecular weight is 189 g/mol. The highest BCUT2D eigenvalue weighted by Gasteiger charge is 2.05. The summed E-state index contributed by atoms with van der Waals surface area (Å²) in [6, 6.07) is 7.33. The van der Waals surface area contributed by atoms with Crippen molar-refractivity contribution in [2.24, 2.45) is 0 Å². The number of nitrogen functional groups attached to an aromatic ring is 1. The summed E-state index contributed by atoms with van der Waals surface area (Å²) in [4.78, 5) is 0. The van der Waals surface area contributed by atoms with Crippen LogP contribution in [0.1, 0.15) is 31.4 Å². The lowest BCUT2D eigenvalue weighted by Crippen LogP contribution is -1.97. The molecule has 14 heavy (non-hydrogen) atoms. The lowest BCUT2D eigenvalue weighted by atomic mass is 10.0. The third-order valence-corrected chi connectivity index (χ3v) is 2.02. The average Bonchev–Trinajstić information content (AvgIpc) is 2.18. The smallest absolute Gasteiger partial charge is 0.0799 e. The maximum Gasteiger partial charge on any atom is 0.0799 e. The lowest BCUT2D eigenvalue weighted by Gasteiger charge is -2.09. The molecule has 2 nitrogen and oxygen atoms in total. The Hall–Kier alpha value is -1.46. The zero-order chi connectivity index (χ0) is 10.4. The molecular weight excluding hydrogens is 174 g/mol. The Bertz CT molecular complexity index is 349. The maximum atomic E-state index is 9.75. The summed E-state index contributed by atoms with van der Waals surface area (Å²) in [7, 11) is 0. The van der Waals surface area contributed by atoms with Crippen molar-refractivity contribution >= 4 is 5.69 Å². The molecule has 0 aliphatic rings. The molecule has 0 amide bonds. The van der Waals surface area contributed by atoms with Crippen LogP contribution < -0.4 is 5.73 Å². The third kappa shape index (κ3) is 3.12. The Morgan fingerprint density at radius 2 is 2.29 bits per heavy atom. The van der Waals surface area contributed by atoms with Crippen LogP contribution in [0, 0.1) is 11.8 Å². The third-order valence-electron chi connectivity index (χ3n) is 2.02. The number of benzene rings is 1. The first-order valence-corrected chi connectivity index (χ1v) is 4.67. The summed E-state index contributed by atoms with van der Waals surface area (Å²) >= 11 is 0. The van der Waals surface area contributed by atoms with Crippen molar-refractivity contribution in [3.05, 3.63) is 29.8 Å². The van der Waals surface area contributed by atoms with Crippen molar-refractivity contribution in [2.75, 3.05) is 5.73 Å². The summed E-state index contributed by atoms with van der Waals surface area (Å²) in [6.07, 6.45) is 0.913. The van der Waals surface area contributed by atoms with Crippen molar-refractivity contribution < 1.29 is 5.11 Å². The molecule has 1 rings (SSSR count). The first kappa shape index (κ1) is 10.6. The molecule has 1 aromatic rings. The first-order valence-electron chi connectivity index (χ1n) is 4.67. The SMILES string of the molecule is CC#CCCC(O)c1cccc(N)c1. The van der Waals surface area contributed by atoms with Crippen molar-refractivity contribution in [3.8, 4) is 11.8 Å². The second kappa shape index (κ2) is 5.31. The van der Waals surface area contributed by atoms with Gasteiger partial charge >= 0.3 is 0 Å². The molecule has 1 aromatic carbocycles. The highest BCUT2D eigenvalue weighted by Crippen LogP contribution is 2.19. The van der Waals surface area contributed by atoms with E-state index < -0.39 is 6.10 Å². The Kier molecular flexibility index (Phi) is 4.03. The van der Waals surface area contributed by atoms with Crippen LogP contribution in [0.15, 0.2) is 24.3 Å². The van der Waals surface area contributed by atoms with E-state index in [2.05, 4.69) is 11.8 Å². The van der Waals surface area contributed by atoms with Gasteiger partial charge in [-0.25, -0.2) is 0 Å². The molecule has 0 saturated carbocycles. The van der Waals surface area contributed by atoms with Gasteiger partial charge in [0.15, 0.2) is 0 Å². The minimum absolute atomic E-state index is 0.459. The molecule has 0 aromatic heterocycles. The van der Waals surface area contributed by atoms with Crippen LogP contribution in [0.4, 0.5) is 5.69 Å². The topological polar surface area (TPSA) is 46.2 Å². The number of anilines is 1. The highest BCUT2D eigenvalue weighted by atomic mass is 16.3.